The third kappa shape index (κ3) is 2.37. The third-order valence-electron chi connectivity index (χ3n) is 2.96. The summed E-state index contributed by atoms with van der Waals surface area (Å²) in [4.78, 5) is 15.3. The molecule has 1 aliphatic rings. The standard InChI is InChI=1S/C11H14N2O4S/c1-17-11(14)9-4-6-13(8-9)18(15,16)10-3-2-5-12-7-10/h2-3,5,7,9H,4,6,8H2,1H3. The van der Waals surface area contributed by atoms with Crippen molar-refractivity contribution in [2.75, 3.05) is 20.2 Å². The topological polar surface area (TPSA) is 76.6 Å². The van der Waals surface area contributed by atoms with Gasteiger partial charge >= 0.3 is 5.97 Å². The zero-order valence-electron chi connectivity index (χ0n) is 9.94. The molecule has 18 heavy (non-hydrogen) atoms. The summed E-state index contributed by atoms with van der Waals surface area (Å²) in [6.45, 7) is 0.501. The normalized spacial score (nSPS) is 20.8. The molecule has 0 aromatic carbocycles. The van der Waals surface area contributed by atoms with Crippen LogP contribution in [0.5, 0.6) is 0 Å². The first-order chi connectivity index (χ1) is 8.55. The molecule has 0 amide bonds. The number of aromatic nitrogens is 1. The molecule has 1 atom stereocenters. The van der Waals surface area contributed by atoms with E-state index in [0.717, 1.165) is 0 Å². The number of ether oxygens (including phenoxy) is 1. The van der Waals surface area contributed by atoms with E-state index in [1.807, 2.05) is 0 Å². The number of carbonyl (C=O) groups is 1. The van der Waals surface area contributed by atoms with E-state index in [1.54, 1.807) is 6.07 Å². The molecule has 0 saturated carbocycles. The van der Waals surface area contributed by atoms with Crippen molar-refractivity contribution in [3.8, 4) is 0 Å². The second-order valence-corrected chi connectivity index (χ2v) is 6.00. The molecule has 98 valence electrons. The fourth-order valence-corrected chi connectivity index (χ4v) is 3.42. The van der Waals surface area contributed by atoms with E-state index < -0.39 is 10.0 Å². The minimum absolute atomic E-state index is 0.149. The lowest BCUT2D eigenvalue weighted by atomic mass is 10.1. The van der Waals surface area contributed by atoms with Gasteiger partial charge in [-0.2, -0.15) is 4.31 Å². The molecule has 7 heteroatoms. The molecular weight excluding hydrogens is 256 g/mol. The van der Waals surface area contributed by atoms with Crippen LogP contribution in [-0.4, -0.2) is 43.9 Å². The Morgan fingerprint density at radius 1 is 1.56 bits per heavy atom. The molecule has 1 aromatic heterocycles. The number of hydrogen-bond acceptors (Lipinski definition) is 5. The molecule has 1 aromatic rings. The van der Waals surface area contributed by atoms with Crippen molar-refractivity contribution >= 4 is 16.0 Å². The van der Waals surface area contributed by atoms with Crippen LogP contribution in [-0.2, 0) is 19.6 Å². The summed E-state index contributed by atoms with van der Waals surface area (Å²) in [5.74, 6) is -0.736. The van der Waals surface area contributed by atoms with Gasteiger partial charge in [-0.1, -0.05) is 0 Å². The summed E-state index contributed by atoms with van der Waals surface area (Å²) >= 11 is 0. The highest BCUT2D eigenvalue weighted by Crippen LogP contribution is 2.24. The lowest BCUT2D eigenvalue weighted by molar-refractivity contribution is -0.144. The minimum atomic E-state index is -3.55. The van der Waals surface area contributed by atoms with Gasteiger partial charge in [-0.05, 0) is 18.6 Å². The first-order valence-electron chi connectivity index (χ1n) is 5.53. The van der Waals surface area contributed by atoms with Crippen molar-refractivity contribution in [1.82, 2.24) is 9.29 Å². The Kier molecular flexibility index (Phi) is 3.63. The monoisotopic (exact) mass is 270 g/mol. The number of nitrogens with zero attached hydrogens (tertiary/aromatic N) is 2. The third-order valence-corrected chi connectivity index (χ3v) is 4.81. The molecule has 2 rings (SSSR count). The van der Waals surface area contributed by atoms with Gasteiger partial charge in [-0.3, -0.25) is 9.78 Å². The molecule has 2 heterocycles. The van der Waals surface area contributed by atoms with E-state index in [4.69, 9.17) is 0 Å². The van der Waals surface area contributed by atoms with Crippen LogP contribution in [0.2, 0.25) is 0 Å². The van der Waals surface area contributed by atoms with Crippen LogP contribution in [0.15, 0.2) is 29.4 Å². The maximum atomic E-state index is 12.2. The Bertz CT molecular complexity index is 529. The lowest BCUT2D eigenvalue weighted by Crippen LogP contribution is -2.30. The van der Waals surface area contributed by atoms with Gasteiger partial charge in [0.25, 0.3) is 0 Å². The van der Waals surface area contributed by atoms with Gasteiger partial charge in [0.05, 0.1) is 13.0 Å². The number of rotatable bonds is 3. The van der Waals surface area contributed by atoms with Crippen molar-refractivity contribution in [2.24, 2.45) is 5.92 Å². The second-order valence-electron chi connectivity index (χ2n) is 4.06. The largest absolute Gasteiger partial charge is 0.469 e. The fraction of sp³-hybridized carbons (Fsp3) is 0.455. The van der Waals surface area contributed by atoms with Crippen LogP contribution >= 0.6 is 0 Å². The SMILES string of the molecule is COC(=O)C1CCN(S(=O)(=O)c2cccnc2)C1. The molecule has 1 fully saturated rings. The molecule has 1 saturated heterocycles. The fourth-order valence-electron chi connectivity index (χ4n) is 1.95. The van der Waals surface area contributed by atoms with Crippen LogP contribution in [0.4, 0.5) is 0 Å². The number of carbonyl (C=O) groups excluding carboxylic acids is 1. The van der Waals surface area contributed by atoms with Crippen molar-refractivity contribution < 1.29 is 17.9 Å². The van der Waals surface area contributed by atoms with Gasteiger partial charge < -0.3 is 4.74 Å². The highest BCUT2D eigenvalue weighted by molar-refractivity contribution is 7.89. The van der Waals surface area contributed by atoms with Gasteiger partial charge in [0, 0.05) is 25.5 Å². The molecule has 6 nitrogen and oxygen atoms in total. The van der Waals surface area contributed by atoms with E-state index in [2.05, 4.69) is 9.72 Å². The van der Waals surface area contributed by atoms with Crippen LogP contribution in [0.1, 0.15) is 6.42 Å². The van der Waals surface area contributed by atoms with Gasteiger partial charge in [0.2, 0.25) is 10.0 Å². The smallest absolute Gasteiger partial charge is 0.310 e. The molecular formula is C11H14N2O4S. The summed E-state index contributed by atoms with van der Waals surface area (Å²) < 4.78 is 30.4. The average molecular weight is 270 g/mol. The van der Waals surface area contributed by atoms with Gasteiger partial charge in [-0.15, -0.1) is 0 Å². The predicted octanol–water partition coefficient (Wildman–Crippen LogP) is 0.265. The van der Waals surface area contributed by atoms with E-state index in [0.29, 0.717) is 13.0 Å². The molecule has 0 spiro atoms. The average Bonchev–Trinajstić information content (AvgIpc) is 2.89. The molecule has 1 aliphatic heterocycles. The Morgan fingerprint density at radius 2 is 2.33 bits per heavy atom. The second kappa shape index (κ2) is 5.03. The lowest BCUT2D eigenvalue weighted by Gasteiger charge is -2.15. The summed E-state index contributed by atoms with van der Waals surface area (Å²) in [5.41, 5.74) is 0. The molecule has 0 aliphatic carbocycles. The zero-order valence-corrected chi connectivity index (χ0v) is 10.8. The number of methoxy groups -OCH3 is 1. The number of esters is 1. The van der Waals surface area contributed by atoms with Gasteiger partial charge in [-0.25, -0.2) is 8.42 Å². The molecule has 1 unspecified atom stereocenters. The van der Waals surface area contributed by atoms with Crippen LogP contribution in [0.25, 0.3) is 0 Å². The van der Waals surface area contributed by atoms with Crippen LogP contribution in [0.3, 0.4) is 0 Å². The summed E-state index contributed by atoms with van der Waals surface area (Å²) in [5, 5.41) is 0. The van der Waals surface area contributed by atoms with E-state index >= 15 is 0 Å². The van der Waals surface area contributed by atoms with Crippen molar-refractivity contribution in [2.45, 2.75) is 11.3 Å². The summed E-state index contributed by atoms with van der Waals surface area (Å²) in [6.07, 6.45) is 3.31. The van der Waals surface area contributed by atoms with Gasteiger partial charge in [0.1, 0.15) is 4.90 Å². The molecule has 0 bridgehead atoms. The van der Waals surface area contributed by atoms with Crippen molar-refractivity contribution in [3.05, 3.63) is 24.5 Å². The molecule has 0 radical (unpaired) electrons. The highest BCUT2D eigenvalue weighted by atomic mass is 32.2. The quantitative estimate of drug-likeness (QED) is 0.737. The first kappa shape index (κ1) is 13.0. The van der Waals surface area contributed by atoms with E-state index in [1.165, 1.54) is 29.9 Å². The Morgan fingerprint density at radius 3 is 2.94 bits per heavy atom. The Balaban J connectivity index is 2.17. The molecule has 0 N–H and O–H groups in total. The Hall–Kier alpha value is -1.47. The van der Waals surface area contributed by atoms with Crippen LogP contribution in [0, 0.1) is 5.92 Å². The number of pyridine rings is 1. The Labute approximate surface area is 106 Å². The number of hydrogen-bond donors (Lipinski definition) is 0. The number of sulfonamides is 1. The van der Waals surface area contributed by atoms with Crippen molar-refractivity contribution in [1.29, 1.82) is 0 Å². The maximum Gasteiger partial charge on any atom is 0.310 e. The van der Waals surface area contributed by atoms with E-state index in [-0.39, 0.29) is 23.3 Å². The predicted molar refractivity (Wildman–Crippen MR) is 63.1 cm³/mol. The summed E-state index contributed by atoms with van der Waals surface area (Å²) in [6, 6.07) is 3.06. The van der Waals surface area contributed by atoms with Crippen LogP contribution < -0.4 is 0 Å². The first-order valence-corrected chi connectivity index (χ1v) is 6.97. The minimum Gasteiger partial charge on any atom is -0.469 e. The van der Waals surface area contributed by atoms with Gasteiger partial charge in [0.15, 0.2) is 0 Å². The zero-order chi connectivity index (χ0) is 13.2. The maximum absolute atomic E-state index is 12.2. The highest BCUT2D eigenvalue weighted by Gasteiger charge is 2.36. The van der Waals surface area contributed by atoms with E-state index in [9.17, 15) is 13.2 Å². The van der Waals surface area contributed by atoms with Crippen molar-refractivity contribution in [3.63, 3.8) is 0 Å². The summed E-state index contributed by atoms with van der Waals surface area (Å²) in [7, 11) is -2.24.